The van der Waals surface area contributed by atoms with Gasteiger partial charge in [-0.25, -0.2) is 9.97 Å². The Morgan fingerprint density at radius 2 is 2.10 bits per heavy atom. The van der Waals surface area contributed by atoms with Crippen LogP contribution in [0.15, 0.2) is 24.3 Å². The van der Waals surface area contributed by atoms with Crippen LogP contribution in [0, 0.1) is 0 Å². The number of nitrogens with zero attached hydrogens (tertiary/aromatic N) is 3. The number of methoxy groups -OCH3 is 1. The number of carbonyl (C=O) groups is 1. The van der Waals surface area contributed by atoms with E-state index in [1.807, 2.05) is 25.3 Å². The highest BCUT2D eigenvalue weighted by Gasteiger charge is 2.22. The topological polar surface area (TPSA) is 76.6 Å². The predicted octanol–water partition coefficient (Wildman–Crippen LogP) is 2.73. The molecule has 1 N–H and O–H groups in total. The number of ether oxygens (including phenoxy) is 2. The molecule has 1 aromatic heterocycles. The molecule has 1 fully saturated rings. The molecule has 1 aromatic carbocycles. The highest BCUT2D eigenvalue weighted by Crippen LogP contribution is 2.34. The third-order valence-corrected chi connectivity index (χ3v) is 5.50. The van der Waals surface area contributed by atoms with Crippen molar-refractivity contribution in [3.05, 3.63) is 52.5 Å². The number of anilines is 1. The third-order valence-electron chi connectivity index (χ3n) is 5.16. The van der Waals surface area contributed by atoms with E-state index in [0.29, 0.717) is 61.3 Å². The highest BCUT2D eigenvalue weighted by molar-refractivity contribution is 6.49. The van der Waals surface area contributed by atoms with Crippen molar-refractivity contribution in [3.8, 4) is 5.75 Å². The molecule has 0 spiro atoms. The van der Waals surface area contributed by atoms with Gasteiger partial charge in [0.25, 0.3) is 5.91 Å². The highest BCUT2D eigenvalue weighted by atomic mass is 35.5. The Labute approximate surface area is 174 Å². The predicted molar refractivity (Wildman–Crippen MR) is 112 cm³/mol. The number of rotatable bonds is 5. The fraction of sp³-hybridized carbons (Fsp3) is 0.381. The number of morpholine rings is 1. The number of fused-ring (bicyclic) bond motifs is 1. The molecule has 4 rings (SSSR count). The first-order chi connectivity index (χ1) is 14.1. The zero-order valence-corrected chi connectivity index (χ0v) is 17.3. The minimum absolute atomic E-state index is 0.00915. The van der Waals surface area contributed by atoms with Gasteiger partial charge in [0.1, 0.15) is 17.4 Å². The molecular weight excluding hydrogens is 392 g/mol. The Balaban J connectivity index is 1.59. The molecule has 1 saturated heterocycles. The molecule has 1 amide bonds. The van der Waals surface area contributed by atoms with E-state index >= 15 is 0 Å². The second-order valence-electron chi connectivity index (χ2n) is 6.92. The number of halogens is 1. The Morgan fingerprint density at radius 1 is 1.31 bits per heavy atom. The third kappa shape index (κ3) is 3.93. The minimum Gasteiger partial charge on any atom is -0.496 e. The number of hydrogen-bond donors (Lipinski definition) is 1. The molecule has 2 aliphatic rings. The number of amides is 1. The average molecular weight is 415 g/mol. The van der Waals surface area contributed by atoms with Crippen molar-refractivity contribution >= 4 is 28.4 Å². The number of benzene rings is 1. The van der Waals surface area contributed by atoms with Crippen LogP contribution >= 0.6 is 11.6 Å². The van der Waals surface area contributed by atoms with Crippen molar-refractivity contribution in [2.24, 2.45) is 0 Å². The summed E-state index contributed by atoms with van der Waals surface area (Å²) in [5, 5.41) is 3.78. The first-order valence-electron chi connectivity index (χ1n) is 9.58. The molecule has 0 radical (unpaired) electrons. The van der Waals surface area contributed by atoms with E-state index in [1.165, 1.54) is 0 Å². The fourth-order valence-corrected chi connectivity index (χ4v) is 3.92. The largest absolute Gasteiger partial charge is 0.496 e. The van der Waals surface area contributed by atoms with Gasteiger partial charge in [-0.3, -0.25) is 4.79 Å². The summed E-state index contributed by atoms with van der Waals surface area (Å²) in [5.74, 6) is 2.04. The molecule has 0 saturated carbocycles. The van der Waals surface area contributed by atoms with Crippen LogP contribution in [0.5, 0.6) is 5.75 Å². The van der Waals surface area contributed by atoms with Crippen LogP contribution in [0.25, 0.3) is 5.03 Å². The van der Waals surface area contributed by atoms with Crippen molar-refractivity contribution in [3.63, 3.8) is 0 Å². The fourth-order valence-electron chi connectivity index (χ4n) is 3.65. The minimum atomic E-state index is -0.00915. The van der Waals surface area contributed by atoms with E-state index in [-0.39, 0.29) is 5.91 Å². The van der Waals surface area contributed by atoms with Crippen molar-refractivity contribution in [2.45, 2.75) is 12.8 Å². The van der Waals surface area contributed by atoms with Gasteiger partial charge >= 0.3 is 0 Å². The quantitative estimate of drug-likeness (QED) is 0.810. The summed E-state index contributed by atoms with van der Waals surface area (Å²) in [6.07, 6.45) is 3.13. The van der Waals surface area contributed by atoms with Gasteiger partial charge in [-0.05, 0) is 12.1 Å². The van der Waals surface area contributed by atoms with Crippen LogP contribution in [0.3, 0.4) is 0 Å². The van der Waals surface area contributed by atoms with Crippen LogP contribution < -0.4 is 10.1 Å². The summed E-state index contributed by atoms with van der Waals surface area (Å²) in [4.78, 5) is 23.9. The average Bonchev–Trinajstić information content (AvgIpc) is 3.14. The molecular formula is C21H23ClN4O3. The van der Waals surface area contributed by atoms with Gasteiger partial charge in [0, 0.05) is 49.1 Å². The summed E-state index contributed by atoms with van der Waals surface area (Å²) in [6.45, 7) is 2.36. The van der Waals surface area contributed by atoms with E-state index in [4.69, 9.17) is 21.1 Å². The normalized spacial score (nSPS) is 15.7. The lowest BCUT2D eigenvalue weighted by atomic mass is 10.1. The van der Waals surface area contributed by atoms with Crippen molar-refractivity contribution in [2.75, 3.05) is 45.8 Å². The lowest BCUT2D eigenvalue weighted by Gasteiger charge is -2.27. The maximum absolute atomic E-state index is 12.7. The van der Waals surface area contributed by atoms with Crippen LogP contribution in [0.1, 0.15) is 33.0 Å². The molecule has 7 nitrogen and oxygen atoms in total. The van der Waals surface area contributed by atoms with Crippen LogP contribution in [0.2, 0.25) is 0 Å². The van der Waals surface area contributed by atoms with E-state index in [9.17, 15) is 4.79 Å². The Bertz CT molecular complexity index is 971. The molecule has 29 heavy (non-hydrogen) atoms. The van der Waals surface area contributed by atoms with Crippen LogP contribution in [-0.2, 0) is 17.6 Å². The van der Waals surface area contributed by atoms with Gasteiger partial charge < -0.3 is 19.7 Å². The molecule has 2 heterocycles. The lowest BCUT2D eigenvalue weighted by molar-refractivity contribution is 0.0302. The van der Waals surface area contributed by atoms with Crippen molar-refractivity contribution in [1.82, 2.24) is 14.9 Å². The second kappa shape index (κ2) is 8.39. The number of allylic oxidation sites excluding steroid dienone is 1. The molecule has 0 bridgehead atoms. The monoisotopic (exact) mass is 414 g/mol. The molecule has 152 valence electrons. The number of nitrogens with one attached hydrogen (secondary N) is 1. The Morgan fingerprint density at radius 3 is 2.83 bits per heavy atom. The zero-order valence-electron chi connectivity index (χ0n) is 16.5. The van der Waals surface area contributed by atoms with Gasteiger partial charge in [0.2, 0.25) is 0 Å². The number of hydrogen-bond acceptors (Lipinski definition) is 6. The van der Waals surface area contributed by atoms with E-state index < -0.39 is 0 Å². The molecule has 0 unspecified atom stereocenters. The van der Waals surface area contributed by atoms with Crippen LogP contribution in [0.4, 0.5) is 5.82 Å². The van der Waals surface area contributed by atoms with Gasteiger partial charge in [-0.2, -0.15) is 0 Å². The maximum atomic E-state index is 12.7. The summed E-state index contributed by atoms with van der Waals surface area (Å²) in [7, 11) is 3.43. The first kappa shape index (κ1) is 19.7. The number of aromatic nitrogens is 2. The summed E-state index contributed by atoms with van der Waals surface area (Å²) < 4.78 is 10.9. The molecule has 2 aromatic rings. The van der Waals surface area contributed by atoms with E-state index in [2.05, 4.69) is 15.3 Å². The summed E-state index contributed by atoms with van der Waals surface area (Å²) in [5.41, 5.74) is 3.32. The van der Waals surface area contributed by atoms with Gasteiger partial charge in [0.15, 0.2) is 0 Å². The first-order valence-corrected chi connectivity index (χ1v) is 9.96. The van der Waals surface area contributed by atoms with Gasteiger partial charge in [-0.1, -0.05) is 23.7 Å². The van der Waals surface area contributed by atoms with Gasteiger partial charge in [-0.15, -0.1) is 0 Å². The van der Waals surface area contributed by atoms with E-state index in [1.54, 1.807) is 18.1 Å². The number of carbonyl (C=O) groups excluding carboxylic acids is 1. The zero-order chi connectivity index (χ0) is 20.4. The standard InChI is InChI=1S/C21H23ClN4O3/c1-23-20-19-15(22)5-6-16(19)24-18(25-20)12-13-3-4-14(11-17(13)28-2)21(27)26-7-9-29-10-8-26/h3-5,11H,6-10,12H2,1-2H3,(H,23,24,25). The SMILES string of the molecule is CNc1nc(Cc2ccc(C(=O)N3CCOCC3)cc2OC)nc2c1C(Cl)=CC2. The second-order valence-corrected chi connectivity index (χ2v) is 7.33. The van der Waals surface area contributed by atoms with Crippen LogP contribution in [-0.4, -0.2) is 61.2 Å². The lowest BCUT2D eigenvalue weighted by Crippen LogP contribution is -2.40. The van der Waals surface area contributed by atoms with Crippen molar-refractivity contribution < 1.29 is 14.3 Å². The molecule has 8 heteroatoms. The Hall–Kier alpha value is -2.64. The molecule has 1 aliphatic carbocycles. The Kier molecular flexibility index (Phi) is 5.69. The van der Waals surface area contributed by atoms with Crippen molar-refractivity contribution in [1.29, 1.82) is 0 Å². The molecule has 1 aliphatic heterocycles. The smallest absolute Gasteiger partial charge is 0.254 e. The molecule has 0 atom stereocenters. The van der Waals surface area contributed by atoms with Gasteiger partial charge in [0.05, 0.1) is 31.6 Å². The van der Waals surface area contributed by atoms with E-state index in [0.717, 1.165) is 22.6 Å². The maximum Gasteiger partial charge on any atom is 0.254 e. The summed E-state index contributed by atoms with van der Waals surface area (Å²) in [6, 6.07) is 5.53. The summed E-state index contributed by atoms with van der Waals surface area (Å²) >= 11 is 6.28.